The number of nitrogens with two attached hydrogens (primary N) is 1. The highest BCUT2D eigenvalue weighted by Gasteiger charge is 2.15. The van der Waals surface area contributed by atoms with Crippen molar-refractivity contribution in [2.45, 2.75) is 13.3 Å². The van der Waals surface area contributed by atoms with Gasteiger partial charge in [0.15, 0.2) is 0 Å². The van der Waals surface area contributed by atoms with Gasteiger partial charge in [0.1, 0.15) is 16.9 Å². The molecule has 0 spiro atoms. The molecule has 1 heterocycles. The van der Waals surface area contributed by atoms with Gasteiger partial charge >= 0.3 is 0 Å². The Bertz CT molecular complexity index is 1360. The van der Waals surface area contributed by atoms with E-state index in [2.05, 4.69) is 15.8 Å². The van der Waals surface area contributed by atoms with Crippen molar-refractivity contribution in [3.8, 4) is 5.75 Å². The van der Waals surface area contributed by atoms with Crippen molar-refractivity contribution in [2.75, 3.05) is 18.2 Å². The number of carbonyl (C=O) groups excluding carboxylic acids is 2. The van der Waals surface area contributed by atoms with Crippen LogP contribution in [-0.2, 0) is 4.79 Å². The Morgan fingerprint density at radius 1 is 1.03 bits per heavy atom. The number of methoxy groups -OCH3 is 1. The summed E-state index contributed by atoms with van der Waals surface area (Å²) in [6, 6.07) is 17.9. The van der Waals surface area contributed by atoms with Crippen LogP contribution >= 0.6 is 0 Å². The van der Waals surface area contributed by atoms with Gasteiger partial charge in [-0.05, 0) is 31.2 Å². The van der Waals surface area contributed by atoms with Crippen molar-refractivity contribution in [1.82, 2.24) is 5.43 Å². The van der Waals surface area contributed by atoms with Crippen molar-refractivity contribution in [1.29, 1.82) is 0 Å². The molecule has 0 aliphatic heterocycles. The zero-order chi connectivity index (χ0) is 22.7. The quantitative estimate of drug-likeness (QED) is 0.239. The number of carbonyl (C=O) groups is 2. The number of hydrazone groups is 1. The molecule has 0 saturated carbocycles. The van der Waals surface area contributed by atoms with Crippen LogP contribution in [0.15, 0.2) is 70.2 Å². The van der Waals surface area contributed by atoms with Crippen molar-refractivity contribution in [2.24, 2.45) is 5.10 Å². The maximum Gasteiger partial charge on any atom is 0.273 e. The number of nitrogens with one attached hydrogen (secondary N) is 2. The van der Waals surface area contributed by atoms with Crippen molar-refractivity contribution >= 4 is 50.8 Å². The van der Waals surface area contributed by atoms with Crippen molar-refractivity contribution in [3.05, 3.63) is 66.2 Å². The van der Waals surface area contributed by atoms with Gasteiger partial charge < -0.3 is 20.2 Å². The number of amides is 2. The summed E-state index contributed by atoms with van der Waals surface area (Å²) in [4.78, 5) is 24.8. The van der Waals surface area contributed by atoms with Crippen LogP contribution in [0.4, 0.5) is 11.4 Å². The molecule has 0 saturated heterocycles. The second-order valence-electron chi connectivity index (χ2n) is 7.25. The van der Waals surface area contributed by atoms with E-state index in [-0.39, 0.29) is 12.3 Å². The predicted molar refractivity (Wildman–Crippen MR) is 125 cm³/mol. The van der Waals surface area contributed by atoms with Gasteiger partial charge in [0.2, 0.25) is 5.91 Å². The highest BCUT2D eigenvalue weighted by Crippen LogP contribution is 2.36. The van der Waals surface area contributed by atoms with Crippen molar-refractivity contribution in [3.63, 3.8) is 0 Å². The van der Waals surface area contributed by atoms with Crippen LogP contribution in [0, 0.1) is 0 Å². The van der Waals surface area contributed by atoms with Gasteiger partial charge in [0.25, 0.3) is 5.91 Å². The number of benzene rings is 3. The second-order valence-corrected chi connectivity index (χ2v) is 7.25. The van der Waals surface area contributed by atoms with Crippen LogP contribution in [0.25, 0.3) is 21.9 Å². The largest absolute Gasteiger partial charge is 0.495 e. The summed E-state index contributed by atoms with van der Waals surface area (Å²) >= 11 is 0. The minimum absolute atomic E-state index is 0.0220. The number of nitrogens with zero attached hydrogens (tertiary/aromatic N) is 1. The van der Waals surface area contributed by atoms with E-state index in [1.165, 1.54) is 7.11 Å². The SMILES string of the molecule is COc1cc2c(cc1NC(=O)C/C(C)=N\NC(=O)c1ccccc1N)oc1ccccc12. The van der Waals surface area contributed by atoms with Crippen LogP contribution in [0.2, 0.25) is 0 Å². The molecule has 32 heavy (non-hydrogen) atoms. The highest BCUT2D eigenvalue weighted by atomic mass is 16.5. The van der Waals surface area contributed by atoms with E-state index >= 15 is 0 Å². The zero-order valence-electron chi connectivity index (χ0n) is 17.6. The van der Waals surface area contributed by atoms with E-state index in [0.717, 1.165) is 16.4 Å². The molecule has 4 rings (SSSR count). The Balaban J connectivity index is 1.47. The van der Waals surface area contributed by atoms with E-state index in [9.17, 15) is 9.59 Å². The third kappa shape index (κ3) is 4.24. The molecular weight excluding hydrogens is 408 g/mol. The Morgan fingerprint density at radius 2 is 1.78 bits per heavy atom. The topological polar surface area (TPSA) is 119 Å². The summed E-state index contributed by atoms with van der Waals surface area (Å²) in [7, 11) is 1.54. The first kappa shape index (κ1) is 20.9. The molecule has 162 valence electrons. The number of furan rings is 1. The molecule has 2 amide bonds. The maximum absolute atomic E-state index is 12.6. The molecular formula is C24H22N4O4. The van der Waals surface area contributed by atoms with Crippen molar-refractivity contribution < 1.29 is 18.7 Å². The van der Waals surface area contributed by atoms with E-state index in [0.29, 0.717) is 34.0 Å². The average molecular weight is 430 g/mol. The van der Waals surface area contributed by atoms with Gasteiger partial charge in [-0.2, -0.15) is 5.10 Å². The molecule has 0 radical (unpaired) electrons. The normalized spacial score (nSPS) is 11.5. The molecule has 0 aliphatic rings. The molecule has 0 unspecified atom stereocenters. The van der Waals surface area contributed by atoms with Crippen LogP contribution in [0.3, 0.4) is 0 Å². The highest BCUT2D eigenvalue weighted by molar-refractivity contribution is 6.10. The standard InChI is InChI=1S/C24H22N4O4/c1-14(27-28-24(30)16-8-3-5-9-18(16)25)11-23(29)26-19-13-21-17(12-22(19)31-2)15-7-4-6-10-20(15)32-21/h3-10,12-13H,11,25H2,1-2H3,(H,26,29)(H,28,30)/b27-14-. The number of hydrogen-bond acceptors (Lipinski definition) is 6. The lowest BCUT2D eigenvalue weighted by Gasteiger charge is -2.10. The molecule has 4 aromatic rings. The van der Waals surface area contributed by atoms with Crippen LogP contribution < -0.4 is 21.2 Å². The Hall–Kier alpha value is -4.33. The van der Waals surface area contributed by atoms with Crippen LogP contribution in [0.1, 0.15) is 23.7 Å². The number of rotatable bonds is 6. The predicted octanol–water partition coefficient (Wildman–Crippen LogP) is 4.31. The molecule has 1 aromatic heterocycles. The minimum Gasteiger partial charge on any atom is -0.495 e. The summed E-state index contributed by atoms with van der Waals surface area (Å²) in [5, 5.41) is 8.68. The van der Waals surface area contributed by atoms with E-state index in [1.807, 2.05) is 30.3 Å². The third-order valence-electron chi connectivity index (χ3n) is 4.94. The van der Waals surface area contributed by atoms with Gasteiger partial charge in [-0.15, -0.1) is 0 Å². The van der Waals surface area contributed by atoms with Gasteiger partial charge in [-0.1, -0.05) is 30.3 Å². The maximum atomic E-state index is 12.6. The number of ether oxygens (including phenoxy) is 1. The number of nitrogen functional groups attached to an aromatic ring is 1. The first-order chi connectivity index (χ1) is 15.5. The van der Waals surface area contributed by atoms with Crippen LogP contribution in [0.5, 0.6) is 5.75 Å². The number of fused-ring (bicyclic) bond motifs is 3. The molecule has 4 N–H and O–H groups in total. The summed E-state index contributed by atoms with van der Waals surface area (Å²) < 4.78 is 11.3. The van der Waals surface area contributed by atoms with Gasteiger partial charge in [0, 0.05) is 28.2 Å². The summed E-state index contributed by atoms with van der Waals surface area (Å²) in [5.74, 6) is -0.242. The molecule has 0 fully saturated rings. The van der Waals surface area contributed by atoms with E-state index in [1.54, 1.807) is 37.3 Å². The lowest BCUT2D eigenvalue weighted by Crippen LogP contribution is -2.22. The van der Waals surface area contributed by atoms with Gasteiger partial charge in [0.05, 0.1) is 24.8 Å². The lowest BCUT2D eigenvalue weighted by molar-refractivity contribution is -0.115. The minimum atomic E-state index is -0.445. The number of anilines is 2. The molecule has 0 bridgehead atoms. The summed E-state index contributed by atoms with van der Waals surface area (Å²) in [5.41, 5.74) is 11.2. The molecule has 0 aliphatic carbocycles. The average Bonchev–Trinajstić information content (AvgIpc) is 3.14. The second kappa shape index (κ2) is 8.81. The molecule has 0 atom stereocenters. The smallest absolute Gasteiger partial charge is 0.273 e. The first-order valence-corrected chi connectivity index (χ1v) is 9.93. The third-order valence-corrected chi connectivity index (χ3v) is 4.94. The summed E-state index contributed by atoms with van der Waals surface area (Å²) in [6.45, 7) is 1.65. The Kier molecular flexibility index (Phi) is 5.76. The Morgan fingerprint density at radius 3 is 2.56 bits per heavy atom. The fourth-order valence-corrected chi connectivity index (χ4v) is 3.39. The van der Waals surface area contributed by atoms with Gasteiger partial charge in [-0.25, -0.2) is 5.43 Å². The number of para-hydroxylation sites is 2. The number of hydrogen-bond donors (Lipinski definition) is 3. The fourth-order valence-electron chi connectivity index (χ4n) is 3.39. The van der Waals surface area contributed by atoms with Crippen LogP contribution in [-0.4, -0.2) is 24.6 Å². The lowest BCUT2D eigenvalue weighted by atomic mass is 10.1. The Labute approximate surface area is 184 Å². The van der Waals surface area contributed by atoms with E-state index < -0.39 is 5.91 Å². The first-order valence-electron chi connectivity index (χ1n) is 9.93. The molecule has 8 nitrogen and oxygen atoms in total. The molecule has 3 aromatic carbocycles. The van der Waals surface area contributed by atoms with Gasteiger partial charge in [-0.3, -0.25) is 9.59 Å². The monoisotopic (exact) mass is 430 g/mol. The fraction of sp³-hybridized carbons (Fsp3) is 0.125. The summed E-state index contributed by atoms with van der Waals surface area (Å²) in [6.07, 6.45) is -0.0220. The zero-order valence-corrected chi connectivity index (χ0v) is 17.6. The van der Waals surface area contributed by atoms with E-state index in [4.69, 9.17) is 14.9 Å². The molecule has 8 heteroatoms.